The molecule has 7 aliphatic rings. The van der Waals surface area contributed by atoms with E-state index in [2.05, 4.69) is 33.4 Å². The lowest BCUT2D eigenvalue weighted by Gasteiger charge is -2.37. The van der Waals surface area contributed by atoms with Crippen LogP contribution in [-0.2, 0) is 37.0 Å². The van der Waals surface area contributed by atoms with Gasteiger partial charge < -0.3 is 34.4 Å². The number of alkyl halides is 2. The number of nitrogens with one attached hydrogen (secondary N) is 1. The fourth-order valence-electron chi connectivity index (χ4n) is 11.2. The third kappa shape index (κ3) is 7.82. The maximum atomic E-state index is 14.9. The quantitative estimate of drug-likeness (QED) is 0.192. The zero-order valence-electron chi connectivity index (χ0n) is 36.3. The maximum Gasteiger partial charge on any atom is 0.251 e. The van der Waals surface area contributed by atoms with Gasteiger partial charge in [0.2, 0.25) is 11.8 Å². The molecular weight excluding hydrogens is 819 g/mol. The fourth-order valence-corrected chi connectivity index (χ4v) is 11.2. The Hall–Kier alpha value is -5.38. The number of aromatic nitrogens is 2. The van der Waals surface area contributed by atoms with Gasteiger partial charge >= 0.3 is 0 Å². The van der Waals surface area contributed by atoms with Crippen LogP contribution in [0.15, 0.2) is 73.1 Å². The van der Waals surface area contributed by atoms with E-state index in [9.17, 15) is 18.4 Å². The largest absolute Gasteiger partial charge is 0.381 e. The molecule has 2 aromatic heterocycles. The molecule has 2 unspecified atom stereocenters. The summed E-state index contributed by atoms with van der Waals surface area (Å²) in [6.45, 7) is 2.73. The van der Waals surface area contributed by atoms with Gasteiger partial charge in [-0.2, -0.15) is 0 Å². The van der Waals surface area contributed by atoms with E-state index in [1.807, 2.05) is 57.2 Å². The van der Waals surface area contributed by atoms with Crippen molar-refractivity contribution in [2.75, 3.05) is 63.3 Å². The molecule has 5 aliphatic heterocycles. The predicted octanol–water partition coefficient (Wildman–Crippen LogP) is 8.66. The zero-order valence-corrected chi connectivity index (χ0v) is 36.3. The highest BCUT2D eigenvalue weighted by Gasteiger charge is 2.42. The SMILES string of the molecule is CO[C@H]1CC[C@H](C(=O)N2Cc3cccnc3N(O[C@H]3CC[C@H](C(=O)N4Cc5cccnc5Nc5ccc(N6CC7CC6CO7)cc54)CC3)c3ccc(N4CCC(F)(F)CC4)cc32)CC1. The summed E-state index contributed by atoms with van der Waals surface area (Å²) in [4.78, 5) is 54.3. The van der Waals surface area contributed by atoms with Gasteiger partial charge in [0.15, 0.2) is 5.82 Å². The Morgan fingerprint density at radius 2 is 1.42 bits per heavy atom. The molecule has 2 atom stereocenters. The Balaban J connectivity index is 0.861. The summed E-state index contributed by atoms with van der Waals surface area (Å²) in [5, 5.41) is 5.32. The van der Waals surface area contributed by atoms with Crippen molar-refractivity contribution in [1.82, 2.24) is 9.97 Å². The third-order valence-electron chi connectivity index (χ3n) is 14.9. The number of pyridine rings is 2. The minimum absolute atomic E-state index is 0.0336. The molecule has 64 heavy (non-hydrogen) atoms. The summed E-state index contributed by atoms with van der Waals surface area (Å²) in [6.07, 6.45) is 9.92. The molecule has 2 amide bonds. The number of hydrogen-bond donors (Lipinski definition) is 1. The topological polar surface area (TPSA) is 116 Å². The molecule has 1 N–H and O–H groups in total. The van der Waals surface area contributed by atoms with Crippen molar-refractivity contribution in [3.8, 4) is 0 Å². The van der Waals surface area contributed by atoms with E-state index in [1.54, 1.807) is 24.6 Å². The van der Waals surface area contributed by atoms with Gasteiger partial charge in [-0.15, -0.1) is 0 Å². The molecular formula is C49H56F2N8O5. The van der Waals surface area contributed by atoms with Crippen LogP contribution in [0.4, 0.5) is 54.5 Å². The molecule has 2 aliphatic carbocycles. The van der Waals surface area contributed by atoms with Crippen LogP contribution in [0.3, 0.4) is 0 Å². The van der Waals surface area contributed by atoms with E-state index in [0.29, 0.717) is 62.0 Å². The summed E-state index contributed by atoms with van der Waals surface area (Å²) in [6, 6.07) is 20.4. The normalized spacial score (nSPS) is 27.1. The monoisotopic (exact) mass is 874 g/mol. The minimum Gasteiger partial charge on any atom is -0.381 e. The summed E-state index contributed by atoms with van der Waals surface area (Å²) >= 11 is 0. The highest BCUT2D eigenvalue weighted by Crippen LogP contribution is 2.47. The first-order valence-corrected chi connectivity index (χ1v) is 23.2. The first-order chi connectivity index (χ1) is 31.2. The van der Waals surface area contributed by atoms with Crippen LogP contribution in [0, 0.1) is 11.8 Å². The zero-order chi connectivity index (χ0) is 43.5. The number of nitrogens with zero attached hydrogens (tertiary/aromatic N) is 7. The highest BCUT2D eigenvalue weighted by molar-refractivity contribution is 6.01. The van der Waals surface area contributed by atoms with E-state index < -0.39 is 5.92 Å². The molecule has 0 spiro atoms. The molecule has 2 saturated carbocycles. The number of methoxy groups -OCH3 is 1. The summed E-state index contributed by atoms with van der Waals surface area (Å²) in [5.74, 6) is -1.58. The molecule has 11 rings (SSSR count). The molecule has 15 heteroatoms. The molecule has 2 bridgehead atoms. The van der Waals surface area contributed by atoms with E-state index >= 15 is 0 Å². The van der Waals surface area contributed by atoms with Crippen molar-refractivity contribution >= 4 is 57.6 Å². The van der Waals surface area contributed by atoms with E-state index in [4.69, 9.17) is 19.3 Å². The van der Waals surface area contributed by atoms with Gasteiger partial charge in [0.25, 0.3) is 5.92 Å². The van der Waals surface area contributed by atoms with Crippen molar-refractivity contribution in [3.05, 3.63) is 84.2 Å². The third-order valence-corrected chi connectivity index (χ3v) is 14.9. The number of ether oxygens (including phenoxy) is 2. The van der Waals surface area contributed by atoms with Crippen LogP contribution in [0.2, 0.25) is 0 Å². The second-order valence-electron chi connectivity index (χ2n) is 18.8. The molecule has 0 radical (unpaired) electrons. The maximum absolute atomic E-state index is 14.9. The number of benzene rings is 2. The molecule has 13 nitrogen and oxygen atoms in total. The Labute approximate surface area is 372 Å². The number of amides is 2. The van der Waals surface area contributed by atoms with Crippen LogP contribution in [0.25, 0.3) is 0 Å². The molecule has 5 fully saturated rings. The number of fused-ring (bicyclic) bond motifs is 6. The number of morpholine rings is 1. The predicted molar refractivity (Wildman–Crippen MR) is 241 cm³/mol. The van der Waals surface area contributed by atoms with Crippen LogP contribution >= 0.6 is 0 Å². The Kier molecular flexibility index (Phi) is 10.9. The van der Waals surface area contributed by atoms with Crippen LogP contribution in [0.1, 0.15) is 81.8 Å². The van der Waals surface area contributed by atoms with Crippen molar-refractivity contribution < 1.29 is 32.7 Å². The van der Waals surface area contributed by atoms with Crippen molar-refractivity contribution in [2.45, 2.75) is 114 Å². The van der Waals surface area contributed by atoms with Gasteiger partial charge in [-0.25, -0.2) is 23.8 Å². The lowest BCUT2D eigenvalue weighted by Crippen LogP contribution is -2.40. The van der Waals surface area contributed by atoms with E-state index in [1.165, 1.54) is 0 Å². The van der Waals surface area contributed by atoms with Gasteiger partial charge in [0.1, 0.15) is 5.82 Å². The number of halogens is 2. The summed E-state index contributed by atoms with van der Waals surface area (Å²) < 4.78 is 40.2. The van der Waals surface area contributed by atoms with Gasteiger partial charge in [0.05, 0.1) is 66.8 Å². The highest BCUT2D eigenvalue weighted by atomic mass is 19.3. The summed E-state index contributed by atoms with van der Waals surface area (Å²) in [5.41, 5.74) is 6.76. The lowest BCUT2D eigenvalue weighted by atomic mass is 9.86. The van der Waals surface area contributed by atoms with E-state index in [0.717, 1.165) is 85.0 Å². The van der Waals surface area contributed by atoms with Crippen molar-refractivity contribution in [3.63, 3.8) is 0 Å². The van der Waals surface area contributed by atoms with Crippen LogP contribution in [-0.4, -0.2) is 85.4 Å². The first-order valence-electron chi connectivity index (χ1n) is 23.2. The average molecular weight is 875 g/mol. The lowest BCUT2D eigenvalue weighted by molar-refractivity contribution is -0.125. The van der Waals surface area contributed by atoms with Crippen LogP contribution < -0.4 is 30.0 Å². The second kappa shape index (κ2) is 16.9. The number of anilines is 8. The summed E-state index contributed by atoms with van der Waals surface area (Å²) in [7, 11) is 1.73. The number of carbonyl (C=O) groups is 2. The molecule has 7 heterocycles. The Morgan fingerprint density at radius 3 is 2.12 bits per heavy atom. The number of hydrogen-bond acceptors (Lipinski definition) is 11. The second-order valence-corrected chi connectivity index (χ2v) is 18.8. The Morgan fingerprint density at radius 1 is 0.766 bits per heavy atom. The minimum atomic E-state index is -2.68. The molecule has 4 aromatic rings. The number of rotatable bonds is 7. The van der Waals surface area contributed by atoms with Crippen LogP contribution in [0.5, 0.6) is 0 Å². The first kappa shape index (κ1) is 41.3. The molecule has 336 valence electrons. The Bertz CT molecular complexity index is 2400. The van der Waals surface area contributed by atoms with Gasteiger partial charge in [-0.1, -0.05) is 12.1 Å². The van der Waals surface area contributed by atoms with Gasteiger partial charge in [0, 0.05) is 86.3 Å². The standard InChI is InChI=1S/C49H56F2N8O5/c1-62-38-12-6-31(7-13-38)48(61)58-28-34-5-3-21-53-46(34)59(42-17-11-35(25-44(42)58)55-22-18-49(50,51)19-23-55)64-39-14-8-32(9-15-39)47(60)57-27-33-4-2-20-52-45(33)54-41-16-10-36(26-43(41)57)56-29-40-24-37(56)30-63-40/h2-5,10-11,16-17,20-21,25-26,31-32,37-40H,6-9,12-15,18-19,22-24,27-30H2,1H3,(H,52,54)/t31-,32-,37?,38-,39-,40?. The van der Waals surface area contributed by atoms with Gasteiger partial charge in [-0.3, -0.25) is 14.4 Å². The van der Waals surface area contributed by atoms with Gasteiger partial charge in [-0.05, 0) is 106 Å². The molecule has 2 aromatic carbocycles. The smallest absolute Gasteiger partial charge is 0.251 e. The molecule has 3 saturated heterocycles. The van der Waals surface area contributed by atoms with Crippen molar-refractivity contribution in [1.29, 1.82) is 0 Å². The van der Waals surface area contributed by atoms with E-state index in [-0.39, 0.29) is 67.9 Å². The number of piperidine rings is 1. The van der Waals surface area contributed by atoms with Crippen molar-refractivity contribution in [2.24, 2.45) is 11.8 Å². The fraction of sp³-hybridized carbons (Fsp3) is 0.510. The average Bonchev–Trinajstić information content (AvgIpc) is 3.89. The number of carbonyl (C=O) groups excluding carboxylic acids is 2.